The Labute approximate surface area is 186 Å². The van der Waals surface area contributed by atoms with Crippen molar-refractivity contribution in [2.45, 2.75) is 42.9 Å². The summed E-state index contributed by atoms with van der Waals surface area (Å²) in [6.45, 7) is 0. The van der Waals surface area contributed by atoms with E-state index in [9.17, 15) is 8.42 Å². The van der Waals surface area contributed by atoms with E-state index in [1.54, 1.807) is 48.8 Å². The summed E-state index contributed by atoms with van der Waals surface area (Å²) in [5.41, 5.74) is 1.87. The Balaban J connectivity index is 1.69. The number of para-hydroxylation sites is 1. The van der Waals surface area contributed by atoms with Crippen molar-refractivity contribution < 1.29 is 8.42 Å². The Morgan fingerprint density at radius 2 is 1.65 bits per heavy atom. The molecule has 0 saturated heterocycles. The maximum absolute atomic E-state index is 13.4. The SMILES string of the molecule is O=S(=O)(c1ccccc1)n1cc(-c2nc(C3CCCCC3)ncc2Cl)c2ccccc21. The molecule has 0 radical (unpaired) electrons. The van der Waals surface area contributed by atoms with Crippen molar-refractivity contribution in [3.63, 3.8) is 0 Å². The third kappa shape index (κ3) is 3.64. The highest BCUT2D eigenvalue weighted by molar-refractivity contribution is 7.90. The molecule has 0 amide bonds. The van der Waals surface area contributed by atoms with Gasteiger partial charge in [-0.25, -0.2) is 22.4 Å². The van der Waals surface area contributed by atoms with Crippen LogP contribution in [0.15, 0.2) is 71.9 Å². The summed E-state index contributed by atoms with van der Waals surface area (Å²) >= 11 is 6.53. The quantitative estimate of drug-likeness (QED) is 0.379. The molecule has 2 aromatic heterocycles. The number of aromatic nitrogens is 3. The monoisotopic (exact) mass is 451 g/mol. The Kier molecular flexibility index (Phi) is 5.28. The first kappa shape index (κ1) is 20.2. The second-order valence-corrected chi connectivity index (χ2v) is 10.2. The fourth-order valence-corrected chi connectivity index (χ4v) is 5.95. The largest absolute Gasteiger partial charge is 0.268 e. The number of halogens is 1. The minimum atomic E-state index is -3.77. The predicted octanol–water partition coefficient (Wildman–Crippen LogP) is 6.04. The fourth-order valence-electron chi connectivity index (χ4n) is 4.37. The average molecular weight is 452 g/mol. The number of hydrogen-bond donors (Lipinski definition) is 0. The van der Waals surface area contributed by atoms with Gasteiger partial charge in [-0.3, -0.25) is 0 Å². The zero-order valence-corrected chi connectivity index (χ0v) is 18.5. The van der Waals surface area contributed by atoms with Crippen LogP contribution in [0.25, 0.3) is 22.2 Å². The van der Waals surface area contributed by atoms with E-state index >= 15 is 0 Å². The van der Waals surface area contributed by atoms with E-state index in [4.69, 9.17) is 16.6 Å². The molecule has 0 bridgehead atoms. The lowest BCUT2D eigenvalue weighted by molar-refractivity contribution is 0.429. The number of hydrogen-bond acceptors (Lipinski definition) is 4. The van der Waals surface area contributed by atoms with Crippen LogP contribution in [-0.2, 0) is 10.0 Å². The molecule has 0 atom stereocenters. The van der Waals surface area contributed by atoms with Gasteiger partial charge in [0.2, 0.25) is 0 Å². The van der Waals surface area contributed by atoms with E-state index in [1.807, 2.05) is 18.2 Å². The van der Waals surface area contributed by atoms with Crippen LogP contribution in [0, 0.1) is 0 Å². The Hall–Kier alpha value is -2.70. The van der Waals surface area contributed by atoms with Gasteiger partial charge in [-0.15, -0.1) is 0 Å². The number of rotatable bonds is 4. The topological polar surface area (TPSA) is 64.8 Å². The number of benzene rings is 2. The average Bonchev–Trinajstić information content (AvgIpc) is 3.21. The molecule has 7 heteroatoms. The summed E-state index contributed by atoms with van der Waals surface area (Å²) in [5.74, 6) is 1.12. The van der Waals surface area contributed by atoms with E-state index in [2.05, 4.69) is 4.98 Å². The van der Waals surface area contributed by atoms with E-state index in [0.29, 0.717) is 27.7 Å². The molecule has 2 aromatic carbocycles. The Morgan fingerprint density at radius 1 is 0.935 bits per heavy atom. The fraction of sp³-hybridized carbons (Fsp3) is 0.250. The highest BCUT2D eigenvalue weighted by atomic mass is 35.5. The van der Waals surface area contributed by atoms with Gasteiger partial charge >= 0.3 is 0 Å². The minimum Gasteiger partial charge on any atom is -0.240 e. The summed E-state index contributed by atoms with van der Waals surface area (Å²) in [7, 11) is -3.77. The zero-order valence-electron chi connectivity index (χ0n) is 16.9. The smallest absolute Gasteiger partial charge is 0.240 e. The molecule has 0 spiro atoms. The van der Waals surface area contributed by atoms with E-state index in [0.717, 1.165) is 24.1 Å². The van der Waals surface area contributed by atoms with E-state index in [1.165, 1.54) is 23.2 Å². The molecule has 1 aliphatic carbocycles. The first-order chi connectivity index (χ1) is 15.1. The van der Waals surface area contributed by atoms with Gasteiger partial charge in [0.25, 0.3) is 10.0 Å². The number of fused-ring (bicyclic) bond motifs is 1. The van der Waals surface area contributed by atoms with Gasteiger partial charge in [0, 0.05) is 29.3 Å². The molecule has 0 N–H and O–H groups in total. The van der Waals surface area contributed by atoms with Crippen LogP contribution in [0.2, 0.25) is 5.02 Å². The van der Waals surface area contributed by atoms with Gasteiger partial charge in [0.15, 0.2) is 0 Å². The van der Waals surface area contributed by atoms with Gasteiger partial charge in [0.05, 0.1) is 21.1 Å². The highest BCUT2D eigenvalue weighted by Gasteiger charge is 2.24. The second kappa shape index (κ2) is 8.09. The minimum absolute atomic E-state index is 0.235. The summed E-state index contributed by atoms with van der Waals surface area (Å²) in [6.07, 6.45) is 9.04. The van der Waals surface area contributed by atoms with E-state index < -0.39 is 10.0 Å². The molecular weight excluding hydrogens is 430 g/mol. The van der Waals surface area contributed by atoms with Crippen molar-refractivity contribution in [1.82, 2.24) is 13.9 Å². The first-order valence-electron chi connectivity index (χ1n) is 10.5. The molecule has 158 valence electrons. The summed E-state index contributed by atoms with van der Waals surface area (Å²) in [4.78, 5) is 9.57. The molecular formula is C24H22ClN3O2S. The van der Waals surface area contributed by atoms with Crippen LogP contribution >= 0.6 is 11.6 Å². The molecule has 2 heterocycles. The molecule has 1 aliphatic rings. The molecule has 0 aliphatic heterocycles. The van der Waals surface area contributed by atoms with Crippen molar-refractivity contribution in [1.29, 1.82) is 0 Å². The van der Waals surface area contributed by atoms with Crippen LogP contribution in [0.4, 0.5) is 0 Å². The van der Waals surface area contributed by atoms with Crippen LogP contribution in [0.3, 0.4) is 0 Å². The lowest BCUT2D eigenvalue weighted by Crippen LogP contribution is -2.11. The molecule has 31 heavy (non-hydrogen) atoms. The van der Waals surface area contributed by atoms with Crippen molar-refractivity contribution in [3.05, 3.63) is 77.8 Å². The van der Waals surface area contributed by atoms with Gasteiger partial charge < -0.3 is 0 Å². The van der Waals surface area contributed by atoms with Crippen molar-refractivity contribution in [2.24, 2.45) is 0 Å². The first-order valence-corrected chi connectivity index (χ1v) is 12.3. The van der Waals surface area contributed by atoms with Crippen LogP contribution in [-0.4, -0.2) is 22.4 Å². The summed E-state index contributed by atoms with van der Waals surface area (Å²) in [6, 6.07) is 15.9. The predicted molar refractivity (Wildman–Crippen MR) is 123 cm³/mol. The summed E-state index contributed by atoms with van der Waals surface area (Å²) in [5, 5.41) is 1.21. The van der Waals surface area contributed by atoms with Crippen LogP contribution < -0.4 is 0 Å². The lowest BCUT2D eigenvalue weighted by atomic mass is 9.88. The maximum atomic E-state index is 13.4. The van der Waals surface area contributed by atoms with Crippen molar-refractivity contribution in [3.8, 4) is 11.3 Å². The molecule has 5 rings (SSSR count). The van der Waals surface area contributed by atoms with Gasteiger partial charge in [-0.1, -0.05) is 67.3 Å². The normalized spacial score (nSPS) is 15.4. The maximum Gasteiger partial charge on any atom is 0.268 e. The van der Waals surface area contributed by atoms with Gasteiger partial charge in [-0.05, 0) is 31.0 Å². The van der Waals surface area contributed by atoms with Crippen LogP contribution in [0.5, 0.6) is 0 Å². The third-order valence-electron chi connectivity index (χ3n) is 5.97. The van der Waals surface area contributed by atoms with Crippen LogP contribution in [0.1, 0.15) is 43.8 Å². The second-order valence-electron chi connectivity index (χ2n) is 7.93. The Morgan fingerprint density at radius 3 is 2.42 bits per heavy atom. The Bertz CT molecular complexity index is 1340. The van der Waals surface area contributed by atoms with Gasteiger partial charge in [0.1, 0.15) is 5.82 Å². The zero-order chi connectivity index (χ0) is 21.4. The molecule has 4 aromatic rings. The third-order valence-corrected chi connectivity index (χ3v) is 7.93. The van der Waals surface area contributed by atoms with Crippen molar-refractivity contribution in [2.75, 3.05) is 0 Å². The highest BCUT2D eigenvalue weighted by Crippen LogP contribution is 2.37. The molecule has 0 unspecified atom stereocenters. The standard InChI is InChI=1S/C24H22ClN3O2S/c25-21-15-26-24(17-9-3-1-4-10-17)27-23(21)20-16-28(22-14-8-7-13-19(20)22)31(29,30)18-11-5-2-6-12-18/h2,5-8,11-17H,1,3-4,9-10H2. The van der Waals surface area contributed by atoms with E-state index in [-0.39, 0.29) is 4.90 Å². The summed E-state index contributed by atoms with van der Waals surface area (Å²) < 4.78 is 28.1. The lowest BCUT2D eigenvalue weighted by Gasteiger charge is -2.20. The molecule has 1 fully saturated rings. The number of nitrogens with zero attached hydrogens (tertiary/aromatic N) is 3. The molecule has 5 nitrogen and oxygen atoms in total. The van der Waals surface area contributed by atoms with Gasteiger partial charge in [-0.2, -0.15) is 0 Å². The van der Waals surface area contributed by atoms with Crippen molar-refractivity contribution >= 4 is 32.5 Å². The molecule has 1 saturated carbocycles.